The largest absolute Gasteiger partial charge is 0.382 e. The number of nitriles is 1. The second-order valence-electron chi connectivity index (χ2n) is 5.58. The maximum atomic E-state index is 13.8. The Labute approximate surface area is 147 Å². The lowest BCUT2D eigenvalue weighted by molar-refractivity contribution is 0.540. The van der Waals surface area contributed by atoms with E-state index in [-0.39, 0.29) is 18.1 Å². The molecule has 0 amide bonds. The minimum Gasteiger partial charge on any atom is -0.382 e. The quantitative estimate of drug-likeness (QED) is 0.611. The molecule has 4 aromatic rings. The molecule has 4 rings (SSSR count). The van der Waals surface area contributed by atoms with E-state index in [0.717, 1.165) is 0 Å². The third-order valence-corrected chi connectivity index (χ3v) is 3.89. The Morgan fingerprint density at radius 2 is 2.00 bits per heavy atom. The van der Waals surface area contributed by atoms with Crippen molar-refractivity contribution >= 4 is 16.9 Å². The number of nitrogen functional groups attached to an aromatic ring is 1. The van der Waals surface area contributed by atoms with Crippen molar-refractivity contribution in [1.29, 1.82) is 5.26 Å². The fourth-order valence-corrected chi connectivity index (χ4v) is 2.67. The predicted octanol–water partition coefficient (Wildman–Crippen LogP) is 2.53. The highest BCUT2D eigenvalue weighted by Gasteiger charge is 2.14. The molecular formula is C18H12FN7. The Kier molecular flexibility index (Phi) is 3.74. The Bertz CT molecular complexity index is 1160. The fourth-order valence-electron chi connectivity index (χ4n) is 2.67. The average Bonchev–Trinajstić information content (AvgIpc) is 3.07. The van der Waals surface area contributed by atoms with E-state index in [2.05, 4.69) is 26.2 Å². The maximum absolute atomic E-state index is 13.8. The lowest BCUT2D eigenvalue weighted by Crippen LogP contribution is -2.07. The zero-order valence-corrected chi connectivity index (χ0v) is 13.5. The van der Waals surface area contributed by atoms with E-state index in [1.54, 1.807) is 24.3 Å². The minimum atomic E-state index is -0.427. The summed E-state index contributed by atoms with van der Waals surface area (Å²) in [6, 6.07) is 13.8. The predicted molar refractivity (Wildman–Crippen MR) is 93.2 cm³/mol. The number of rotatable bonds is 3. The first kappa shape index (κ1) is 15.7. The van der Waals surface area contributed by atoms with E-state index in [9.17, 15) is 9.65 Å². The summed E-state index contributed by atoms with van der Waals surface area (Å²) in [4.78, 5) is 9.66. The molecule has 3 aromatic heterocycles. The van der Waals surface area contributed by atoms with Crippen molar-refractivity contribution < 1.29 is 4.39 Å². The van der Waals surface area contributed by atoms with Crippen LogP contribution in [0.3, 0.4) is 0 Å². The van der Waals surface area contributed by atoms with Gasteiger partial charge in [-0.05, 0) is 24.3 Å². The zero-order chi connectivity index (χ0) is 18.1. The van der Waals surface area contributed by atoms with Crippen LogP contribution in [-0.2, 0) is 6.54 Å². The number of benzene rings is 1. The molecule has 0 unspecified atom stereocenters. The molecule has 0 saturated carbocycles. The van der Waals surface area contributed by atoms with Gasteiger partial charge in [-0.15, -0.1) is 5.10 Å². The molecule has 0 aliphatic rings. The number of halogens is 1. The Hall–Kier alpha value is -3.86. The highest BCUT2D eigenvalue weighted by atomic mass is 19.1. The normalized spacial score (nSPS) is 10.8. The van der Waals surface area contributed by atoms with Gasteiger partial charge >= 0.3 is 0 Å². The van der Waals surface area contributed by atoms with Crippen LogP contribution < -0.4 is 5.73 Å². The van der Waals surface area contributed by atoms with Gasteiger partial charge in [0.05, 0.1) is 23.0 Å². The molecule has 0 spiro atoms. The van der Waals surface area contributed by atoms with Crippen molar-refractivity contribution in [2.75, 3.05) is 5.73 Å². The zero-order valence-electron chi connectivity index (χ0n) is 13.5. The Morgan fingerprint density at radius 1 is 1.15 bits per heavy atom. The van der Waals surface area contributed by atoms with Crippen molar-refractivity contribution in [1.82, 2.24) is 25.0 Å². The fraction of sp³-hybridized carbons (Fsp3) is 0.0556. The number of anilines is 1. The summed E-state index contributed by atoms with van der Waals surface area (Å²) in [7, 11) is 0. The number of fused-ring (bicyclic) bond motifs is 1. The molecule has 0 fully saturated rings. The number of pyridine rings is 2. The van der Waals surface area contributed by atoms with Gasteiger partial charge in [-0.2, -0.15) is 15.2 Å². The number of nitrogens with zero attached hydrogens (tertiary/aromatic N) is 6. The highest BCUT2D eigenvalue weighted by Crippen LogP contribution is 2.26. The monoisotopic (exact) mass is 345 g/mol. The van der Waals surface area contributed by atoms with E-state index in [4.69, 9.17) is 5.73 Å². The second-order valence-corrected chi connectivity index (χ2v) is 5.58. The molecule has 7 nitrogen and oxygen atoms in total. The van der Waals surface area contributed by atoms with Gasteiger partial charge < -0.3 is 5.73 Å². The smallest absolute Gasteiger partial charge is 0.155 e. The number of nitrogens with two attached hydrogens (primary N) is 1. The first-order valence-electron chi connectivity index (χ1n) is 7.76. The van der Waals surface area contributed by atoms with Crippen LogP contribution in [0.25, 0.3) is 22.3 Å². The van der Waals surface area contributed by atoms with Crippen LogP contribution in [0.4, 0.5) is 10.2 Å². The van der Waals surface area contributed by atoms with Crippen molar-refractivity contribution in [3.63, 3.8) is 0 Å². The molecule has 3 heterocycles. The Morgan fingerprint density at radius 3 is 2.81 bits per heavy atom. The summed E-state index contributed by atoms with van der Waals surface area (Å²) in [6.07, 6.45) is 1.51. The van der Waals surface area contributed by atoms with Gasteiger partial charge in [0.25, 0.3) is 0 Å². The van der Waals surface area contributed by atoms with Gasteiger partial charge in [0, 0.05) is 11.8 Å². The molecule has 0 aliphatic heterocycles. The minimum absolute atomic E-state index is 0.0743. The van der Waals surface area contributed by atoms with Crippen LogP contribution in [0.2, 0.25) is 0 Å². The van der Waals surface area contributed by atoms with Crippen LogP contribution in [0.1, 0.15) is 11.3 Å². The summed E-state index contributed by atoms with van der Waals surface area (Å²) in [5.41, 5.74) is 8.86. The summed E-state index contributed by atoms with van der Waals surface area (Å²) >= 11 is 0. The standard InChI is InChI=1S/C18H12FN7/c19-13-6-3-7-22-16(13)10-26-24-15-8-14(23-18(21)17(15)25-26)12-5-2-1-4-11(12)9-20/h1-8H,10H2,(H2,21,23). The van der Waals surface area contributed by atoms with E-state index < -0.39 is 5.82 Å². The molecule has 0 saturated heterocycles. The van der Waals surface area contributed by atoms with Crippen LogP contribution >= 0.6 is 0 Å². The van der Waals surface area contributed by atoms with Crippen molar-refractivity contribution in [2.45, 2.75) is 6.54 Å². The average molecular weight is 345 g/mol. The molecule has 8 heteroatoms. The lowest BCUT2D eigenvalue weighted by Gasteiger charge is -2.04. The summed E-state index contributed by atoms with van der Waals surface area (Å²) in [6.45, 7) is 0.0743. The van der Waals surface area contributed by atoms with Crippen LogP contribution in [0, 0.1) is 17.1 Å². The molecule has 0 radical (unpaired) electrons. The van der Waals surface area contributed by atoms with E-state index in [1.165, 1.54) is 23.1 Å². The van der Waals surface area contributed by atoms with E-state index in [1.807, 2.05) is 6.07 Å². The topological polar surface area (TPSA) is 106 Å². The molecule has 126 valence electrons. The second kappa shape index (κ2) is 6.22. The van der Waals surface area contributed by atoms with Crippen molar-refractivity contribution in [2.24, 2.45) is 0 Å². The van der Waals surface area contributed by atoms with Gasteiger partial charge in [-0.25, -0.2) is 9.37 Å². The number of aromatic nitrogens is 5. The van der Waals surface area contributed by atoms with Gasteiger partial charge in [-0.3, -0.25) is 4.98 Å². The van der Waals surface area contributed by atoms with Crippen LogP contribution in [0.5, 0.6) is 0 Å². The first-order chi connectivity index (χ1) is 12.7. The van der Waals surface area contributed by atoms with Gasteiger partial charge in [-0.1, -0.05) is 18.2 Å². The van der Waals surface area contributed by atoms with E-state index in [0.29, 0.717) is 27.9 Å². The Balaban J connectivity index is 1.79. The highest BCUT2D eigenvalue weighted by molar-refractivity contribution is 5.88. The van der Waals surface area contributed by atoms with Gasteiger partial charge in [0.2, 0.25) is 0 Å². The van der Waals surface area contributed by atoms with Gasteiger partial charge in [0.15, 0.2) is 11.3 Å². The van der Waals surface area contributed by atoms with Crippen LogP contribution in [0.15, 0.2) is 48.7 Å². The summed E-state index contributed by atoms with van der Waals surface area (Å²) in [5, 5.41) is 17.9. The molecule has 26 heavy (non-hydrogen) atoms. The summed E-state index contributed by atoms with van der Waals surface area (Å²) in [5.74, 6) is -0.235. The molecule has 0 atom stereocenters. The SMILES string of the molecule is N#Cc1ccccc1-c1cc2nn(Cc3ncccc3F)nc2c(N)n1. The number of hydrogen-bond acceptors (Lipinski definition) is 6. The molecule has 1 aromatic carbocycles. The van der Waals surface area contributed by atoms with Crippen LogP contribution in [-0.4, -0.2) is 25.0 Å². The number of hydrogen-bond donors (Lipinski definition) is 1. The third kappa shape index (κ3) is 2.71. The molecule has 0 aliphatic carbocycles. The molecule has 0 bridgehead atoms. The maximum Gasteiger partial charge on any atom is 0.155 e. The van der Waals surface area contributed by atoms with Gasteiger partial charge in [0.1, 0.15) is 17.9 Å². The van der Waals surface area contributed by atoms with Crippen molar-refractivity contribution in [3.05, 3.63) is 65.7 Å². The molecular weight excluding hydrogens is 333 g/mol. The molecule has 2 N–H and O–H groups in total. The summed E-state index contributed by atoms with van der Waals surface area (Å²) < 4.78 is 13.8. The lowest BCUT2D eigenvalue weighted by atomic mass is 10.0. The van der Waals surface area contributed by atoms with Crippen molar-refractivity contribution in [3.8, 4) is 17.3 Å². The van der Waals surface area contributed by atoms with E-state index >= 15 is 0 Å². The first-order valence-corrected chi connectivity index (χ1v) is 7.76. The third-order valence-electron chi connectivity index (χ3n) is 3.89.